The minimum Gasteiger partial charge on any atom is -0.340 e. The van der Waals surface area contributed by atoms with Crippen LogP contribution in [0.3, 0.4) is 0 Å². The fourth-order valence-electron chi connectivity index (χ4n) is 2.58. The second-order valence-corrected chi connectivity index (χ2v) is 7.45. The molecule has 0 bridgehead atoms. The van der Waals surface area contributed by atoms with Gasteiger partial charge in [0.1, 0.15) is 11.8 Å². The fourth-order valence-corrected chi connectivity index (χ4v) is 3.61. The second kappa shape index (κ2) is 7.86. The van der Waals surface area contributed by atoms with Crippen LogP contribution in [0.25, 0.3) is 11.2 Å². The average Bonchev–Trinajstić information content (AvgIpc) is 3.20. The van der Waals surface area contributed by atoms with Crippen molar-refractivity contribution in [3.8, 4) is 0 Å². The Kier molecular flexibility index (Phi) is 5.55. The van der Waals surface area contributed by atoms with Gasteiger partial charge in [-0.25, -0.2) is 19.9 Å². The number of anilines is 1. The van der Waals surface area contributed by atoms with Crippen molar-refractivity contribution in [1.29, 1.82) is 0 Å². The Morgan fingerprint density at radius 1 is 1.35 bits per heavy atom. The maximum absolute atomic E-state index is 12.6. The molecule has 0 unspecified atom stereocenters. The Balaban J connectivity index is 1.74. The maximum Gasteiger partial charge on any atom is 0.238 e. The number of thioether (sulfide) groups is 1. The quantitative estimate of drug-likeness (QED) is 0.617. The van der Waals surface area contributed by atoms with Gasteiger partial charge in [0.15, 0.2) is 16.6 Å². The molecule has 0 radical (unpaired) electrons. The van der Waals surface area contributed by atoms with Crippen LogP contribution < -0.4 is 5.32 Å². The summed E-state index contributed by atoms with van der Waals surface area (Å²) in [5.74, 6) is 0.302. The number of fused-ring (bicyclic) bond motifs is 1. The summed E-state index contributed by atoms with van der Waals surface area (Å²) in [6.07, 6.45) is 5.12. The van der Waals surface area contributed by atoms with Crippen LogP contribution in [0.15, 0.2) is 17.8 Å². The summed E-state index contributed by atoms with van der Waals surface area (Å²) < 4.78 is 2.20. The van der Waals surface area contributed by atoms with Gasteiger partial charge in [-0.15, -0.1) is 0 Å². The van der Waals surface area contributed by atoms with E-state index in [-0.39, 0.29) is 11.2 Å². The van der Waals surface area contributed by atoms with Gasteiger partial charge in [0, 0.05) is 12.2 Å². The number of unbranched alkanes of at least 4 members (excludes halogenated alkanes) is 1. The van der Waals surface area contributed by atoms with E-state index in [0.29, 0.717) is 17.0 Å². The zero-order valence-corrected chi connectivity index (χ0v) is 16.2. The first-order chi connectivity index (χ1) is 12.5. The monoisotopic (exact) mass is 373 g/mol. The maximum atomic E-state index is 12.6. The van der Waals surface area contributed by atoms with E-state index in [1.54, 1.807) is 0 Å². The van der Waals surface area contributed by atoms with Gasteiger partial charge in [0.05, 0.1) is 17.3 Å². The number of carbonyl (C=O) groups is 1. The Morgan fingerprint density at radius 2 is 2.15 bits per heavy atom. The van der Waals surface area contributed by atoms with Gasteiger partial charge in [-0.05, 0) is 27.2 Å². The smallest absolute Gasteiger partial charge is 0.238 e. The Bertz CT molecular complexity index is 917. The minimum absolute atomic E-state index is 0.134. The van der Waals surface area contributed by atoms with Crippen LogP contribution in [0.5, 0.6) is 0 Å². The molecule has 0 aromatic carbocycles. The molecule has 1 amide bonds. The number of H-pyrrole nitrogens is 1. The molecule has 0 aliphatic rings. The lowest BCUT2D eigenvalue weighted by molar-refractivity contribution is -0.115. The van der Waals surface area contributed by atoms with Crippen molar-refractivity contribution in [2.75, 3.05) is 5.32 Å². The molecule has 0 aliphatic carbocycles. The van der Waals surface area contributed by atoms with Crippen LogP contribution in [-0.4, -0.2) is 40.6 Å². The molecule has 2 N–H and O–H groups in total. The van der Waals surface area contributed by atoms with Gasteiger partial charge >= 0.3 is 0 Å². The first-order valence-electron chi connectivity index (χ1n) is 8.66. The zero-order valence-electron chi connectivity index (χ0n) is 15.4. The van der Waals surface area contributed by atoms with Crippen molar-refractivity contribution < 1.29 is 4.79 Å². The van der Waals surface area contributed by atoms with Gasteiger partial charge in [-0.1, -0.05) is 25.1 Å². The molecule has 1 atom stereocenters. The average molecular weight is 373 g/mol. The standard InChI is InChI=1S/C17H23N7OS/c1-5-6-7-24-11(3)10(2)22-17(24)26-12(4)16(25)23-15-13-14(19-8-18-13)20-9-21-15/h8-9,12H,5-7H2,1-4H3,(H2,18,19,20,21,23,25)/t12-/m1/s1. The van der Waals surface area contributed by atoms with Crippen LogP contribution in [0.4, 0.5) is 5.82 Å². The lowest BCUT2D eigenvalue weighted by Gasteiger charge is -2.13. The minimum atomic E-state index is -0.315. The van der Waals surface area contributed by atoms with Gasteiger partial charge in [0.25, 0.3) is 0 Å². The third kappa shape index (κ3) is 3.72. The van der Waals surface area contributed by atoms with Crippen molar-refractivity contribution in [2.24, 2.45) is 0 Å². The first-order valence-corrected chi connectivity index (χ1v) is 9.54. The summed E-state index contributed by atoms with van der Waals surface area (Å²) in [6.45, 7) is 9.03. The van der Waals surface area contributed by atoms with E-state index >= 15 is 0 Å². The highest BCUT2D eigenvalue weighted by molar-refractivity contribution is 8.00. The summed E-state index contributed by atoms with van der Waals surface area (Å²) >= 11 is 1.46. The Hall–Kier alpha value is -2.42. The van der Waals surface area contributed by atoms with Crippen LogP contribution in [0.2, 0.25) is 0 Å². The predicted octanol–water partition coefficient (Wildman–Crippen LogP) is 3.09. The molecule has 26 heavy (non-hydrogen) atoms. The molecule has 3 heterocycles. The number of amides is 1. The number of carbonyl (C=O) groups excluding carboxylic acids is 1. The number of aryl methyl sites for hydroxylation is 1. The third-order valence-electron chi connectivity index (χ3n) is 4.27. The molecule has 3 rings (SSSR count). The highest BCUT2D eigenvalue weighted by Gasteiger charge is 2.21. The number of rotatable bonds is 7. The second-order valence-electron chi connectivity index (χ2n) is 6.14. The molecule has 0 spiro atoms. The van der Waals surface area contributed by atoms with Crippen molar-refractivity contribution in [3.63, 3.8) is 0 Å². The van der Waals surface area contributed by atoms with Crippen molar-refractivity contribution in [2.45, 2.75) is 57.5 Å². The number of aromatic nitrogens is 6. The van der Waals surface area contributed by atoms with E-state index in [9.17, 15) is 4.79 Å². The molecule has 0 saturated carbocycles. The summed E-state index contributed by atoms with van der Waals surface area (Å²) in [7, 11) is 0. The van der Waals surface area contributed by atoms with Gasteiger partial charge < -0.3 is 14.9 Å². The largest absolute Gasteiger partial charge is 0.340 e. The van der Waals surface area contributed by atoms with Gasteiger partial charge in [0.2, 0.25) is 5.91 Å². The van der Waals surface area contributed by atoms with Crippen LogP contribution in [0.1, 0.15) is 38.1 Å². The van der Waals surface area contributed by atoms with Crippen molar-refractivity contribution >= 4 is 34.7 Å². The number of hydrogen-bond acceptors (Lipinski definition) is 6. The van der Waals surface area contributed by atoms with Crippen LogP contribution in [-0.2, 0) is 11.3 Å². The summed E-state index contributed by atoms with van der Waals surface area (Å²) in [5.41, 5.74) is 3.31. The van der Waals surface area contributed by atoms with Crippen molar-refractivity contribution in [3.05, 3.63) is 24.0 Å². The molecule has 0 saturated heterocycles. The Morgan fingerprint density at radius 3 is 2.92 bits per heavy atom. The number of aromatic amines is 1. The van der Waals surface area contributed by atoms with Gasteiger partial charge in [-0.2, -0.15) is 0 Å². The topological polar surface area (TPSA) is 101 Å². The molecule has 0 aliphatic heterocycles. The molecule has 3 aromatic rings. The van der Waals surface area contributed by atoms with Crippen LogP contribution >= 0.6 is 11.8 Å². The number of nitrogens with zero attached hydrogens (tertiary/aromatic N) is 5. The van der Waals surface area contributed by atoms with E-state index < -0.39 is 0 Å². The van der Waals surface area contributed by atoms with E-state index in [2.05, 4.69) is 48.7 Å². The number of hydrogen-bond donors (Lipinski definition) is 2. The summed E-state index contributed by atoms with van der Waals surface area (Å²) in [4.78, 5) is 32.5. The normalized spacial score (nSPS) is 12.5. The van der Waals surface area contributed by atoms with Crippen LogP contribution in [0, 0.1) is 13.8 Å². The summed E-state index contributed by atoms with van der Waals surface area (Å²) in [5, 5.41) is 3.42. The highest BCUT2D eigenvalue weighted by atomic mass is 32.2. The molecule has 9 heteroatoms. The Labute approximate surface area is 156 Å². The molecule has 8 nitrogen and oxygen atoms in total. The number of imidazole rings is 2. The highest BCUT2D eigenvalue weighted by Crippen LogP contribution is 2.27. The molecular weight excluding hydrogens is 350 g/mol. The third-order valence-corrected chi connectivity index (χ3v) is 5.36. The van der Waals surface area contributed by atoms with E-state index in [4.69, 9.17) is 0 Å². The van der Waals surface area contributed by atoms with E-state index in [1.807, 2.05) is 13.8 Å². The first kappa shape index (κ1) is 18.4. The zero-order chi connectivity index (χ0) is 18.7. The molecular formula is C17H23N7OS. The lowest BCUT2D eigenvalue weighted by Crippen LogP contribution is -2.23. The van der Waals surface area contributed by atoms with E-state index in [1.165, 1.54) is 24.4 Å². The summed E-state index contributed by atoms with van der Waals surface area (Å²) in [6, 6.07) is 0. The predicted molar refractivity (Wildman–Crippen MR) is 102 cm³/mol. The number of nitrogens with one attached hydrogen (secondary N) is 2. The molecule has 0 fully saturated rings. The molecule has 3 aromatic heterocycles. The fraction of sp³-hybridized carbons (Fsp3) is 0.471. The SMILES string of the molecule is CCCCn1c(S[C@H](C)C(=O)Nc2ncnc3nc[nH]c23)nc(C)c1C. The van der Waals surface area contributed by atoms with Gasteiger partial charge in [-0.3, -0.25) is 4.79 Å². The lowest BCUT2D eigenvalue weighted by atomic mass is 10.3. The molecule has 138 valence electrons. The van der Waals surface area contributed by atoms with Crippen molar-refractivity contribution in [1.82, 2.24) is 29.5 Å². The van der Waals surface area contributed by atoms with E-state index in [0.717, 1.165) is 35.9 Å².